The Hall–Kier alpha value is -2.18. The van der Waals surface area contributed by atoms with Crippen LogP contribution in [0.25, 0.3) is 6.08 Å². The molecule has 1 aliphatic carbocycles. The smallest absolute Gasteiger partial charge is 0.175 e. The highest BCUT2D eigenvalue weighted by Gasteiger charge is 2.27. The van der Waals surface area contributed by atoms with Gasteiger partial charge in [0.2, 0.25) is 0 Å². The van der Waals surface area contributed by atoms with E-state index in [1.807, 2.05) is 13.8 Å². The van der Waals surface area contributed by atoms with Gasteiger partial charge in [0, 0.05) is 17.1 Å². The average molecular weight is 456 g/mol. The predicted molar refractivity (Wildman–Crippen MR) is 130 cm³/mol. The summed E-state index contributed by atoms with van der Waals surface area (Å²) in [6.07, 6.45) is 7.69. The number of thioether (sulfide) groups is 1. The summed E-state index contributed by atoms with van der Waals surface area (Å²) in [6.45, 7) is 8.39. The van der Waals surface area contributed by atoms with Crippen LogP contribution in [0, 0.1) is 0 Å². The Kier molecular flexibility index (Phi) is 5.97. The van der Waals surface area contributed by atoms with Crippen LogP contribution in [0.5, 0.6) is 5.75 Å². The summed E-state index contributed by atoms with van der Waals surface area (Å²) in [5.74, 6) is 1.15. The van der Waals surface area contributed by atoms with E-state index in [-0.39, 0.29) is 11.0 Å². The van der Waals surface area contributed by atoms with Gasteiger partial charge in [-0.05, 0) is 80.6 Å². The van der Waals surface area contributed by atoms with E-state index in [2.05, 4.69) is 43.4 Å². The fourth-order valence-corrected chi connectivity index (χ4v) is 6.03. The number of hydrogen-bond donors (Lipinski definition) is 1. The molecule has 2 aromatic carbocycles. The van der Waals surface area contributed by atoms with Gasteiger partial charge in [-0.3, -0.25) is 0 Å². The zero-order valence-corrected chi connectivity index (χ0v) is 20.3. The molecule has 1 heterocycles. The van der Waals surface area contributed by atoms with E-state index < -0.39 is 9.84 Å². The summed E-state index contributed by atoms with van der Waals surface area (Å²) in [7, 11) is -3.31. The van der Waals surface area contributed by atoms with E-state index in [0.717, 1.165) is 17.9 Å². The number of ether oxygens (including phenoxy) is 1. The standard InChI is InChI=1S/C25H29NO3S2/c1-6-19-16(4)13-17-7-11-23-20(25(17)19)9-12-24(30-23)26-21-14-18(31(5,27)28)8-10-22(21)29-15(2)3/h7-8,10-15,19,26H,6,9H2,1-5H3. The van der Waals surface area contributed by atoms with Gasteiger partial charge < -0.3 is 10.1 Å². The molecule has 6 heteroatoms. The molecule has 0 spiro atoms. The molecule has 4 rings (SSSR count). The first kappa shape index (κ1) is 22.0. The van der Waals surface area contributed by atoms with E-state index in [4.69, 9.17) is 4.74 Å². The van der Waals surface area contributed by atoms with Crippen LogP contribution in [0.4, 0.5) is 5.69 Å². The topological polar surface area (TPSA) is 55.4 Å². The fourth-order valence-electron chi connectivity index (χ4n) is 4.36. The third-order valence-corrected chi connectivity index (χ3v) is 7.95. The average Bonchev–Trinajstić information content (AvgIpc) is 3.03. The second kappa shape index (κ2) is 8.40. The fraction of sp³-hybridized carbons (Fsp3) is 0.360. The van der Waals surface area contributed by atoms with Crippen LogP contribution in [-0.4, -0.2) is 20.8 Å². The number of benzene rings is 2. The molecule has 0 fully saturated rings. The molecule has 0 bridgehead atoms. The van der Waals surface area contributed by atoms with Crippen molar-refractivity contribution in [3.63, 3.8) is 0 Å². The van der Waals surface area contributed by atoms with E-state index in [9.17, 15) is 8.42 Å². The van der Waals surface area contributed by atoms with Gasteiger partial charge in [-0.15, -0.1) is 0 Å². The molecule has 0 saturated carbocycles. The minimum atomic E-state index is -3.31. The van der Waals surface area contributed by atoms with Crippen LogP contribution >= 0.6 is 11.8 Å². The maximum atomic E-state index is 12.1. The highest BCUT2D eigenvalue weighted by molar-refractivity contribution is 8.03. The van der Waals surface area contributed by atoms with Crippen molar-refractivity contribution in [3.05, 3.63) is 63.7 Å². The van der Waals surface area contributed by atoms with Crippen LogP contribution in [0.15, 0.2) is 56.8 Å². The molecule has 0 radical (unpaired) electrons. The van der Waals surface area contributed by atoms with E-state index in [0.29, 0.717) is 17.4 Å². The Morgan fingerprint density at radius 2 is 2.00 bits per heavy atom. The first-order valence-electron chi connectivity index (χ1n) is 10.7. The van der Waals surface area contributed by atoms with E-state index in [1.54, 1.807) is 30.0 Å². The maximum absolute atomic E-state index is 12.1. The quantitative estimate of drug-likeness (QED) is 0.547. The molecule has 164 valence electrons. The summed E-state index contributed by atoms with van der Waals surface area (Å²) in [5, 5.41) is 4.42. The second-order valence-electron chi connectivity index (χ2n) is 8.49. The number of allylic oxidation sites excluding steroid dienone is 2. The van der Waals surface area contributed by atoms with Gasteiger partial charge in [0.15, 0.2) is 9.84 Å². The molecule has 0 amide bonds. The Morgan fingerprint density at radius 1 is 1.23 bits per heavy atom. The largest absolute Gasteiger partial charge is 0.489 e. The van der Waals surface area contributed by atoms with Crippen molar-refractivity contribution in [2.75, 3.05) is 11.6 Å². The lowest BCUT2D eigenvalue weighted by molar-refractivity contribution is 0.243. The van der Waals surface area contributed by atoms with Crippen molar-refractivity contribution in [2.45, 2.75) is 62.3 Å². The maximum Gasteiger partial charge on any atom is 0.175 e. The van der Waals surface area contributed by atoms with Crippen molar-refractivity contribution in [2.24, 2.45) is 0 Å². The Labute approximate surface area is 189 Å². The van der Waals surface area contributed by atoms with E-state index >= 15 is 0 Å². The van der Waals surface area contributed by atoms with Gasteiger partial charge in [-0.1, -0.05) is 36.4 Å². The molecule has 1 aliphatic heterocycles. The summed E-state index contributed by atoms with van der Waals surface area (Å²) in [6, 6.07) is 9.41. The van der Waals surface area contributed by atoms with E-state index in [1.165, 1.54) is 33.4 Å². The van der Waals surface area contributed by atoms with Gasteiger partial charge in [0.1, 0.15) is 5.75 Å². The Morgan fingerprint density at radius 3 is 2.68 bits per heavy atom. The molecular formula is C25H29NO3S2. The minimum Gasteiger partial charge on any atom is -0.489 e. The molecule has 2 aromatic rings. The molecule has 2 aliphatic rings. The molecule has 1 unspecified atom stereocenters. The van der Waals surface area contributed by atoms with Gasteiger partial charge in [0.05, 0.1) is 21.7 Å². The van der Waals surface area contributed by atoms with Crippen LogP contribution in [0.2, 0.25) is 0 Å². The molecular weight excluding hydrogens is 426 g/mol. The lowest BCUT2D eigenvalue weighted by Crippen LogP contribution is -2.11. The van der Waals surface area contributed by atoms with Crippen molar-refractivity contribution >= 4 is 33.4 Å². The van der Waals surface area contributed by atoms with Crippen LogP contribution < -0.4 is 10.1 Å². The van der Waals surface area contributed by atoms with Crippen molar-refractivity contribution in [3.8, 4) is 5.75 Å². The second-order valence-corrected chi connectivity index (χ2v) is 11.6. The number of hydrogen-bond acceptors (Lipinski definition) is 5. The van der Waals surface area contributed by atoms with Gasteiger partial charge in [0.25, 0.3) is 0 Å². The molecule has 0 saturated heterocycles. The number of rotatable bonds is 6. The zero-order chi connectivity index (χ0) is 22.3. The normalized spacial score (nSPS) is 17.7. The molecule has 1 N–H and O–H groups in total. The Balaban J connectivity index is 1.64. The summed E-state index contributed by atoms with van der Waals surface area (Å²) < 4.78 is 30.1. The third-order valence-electron chi connectivity index (χ3n) is 5.75. The number of fused-ring (bicyclic) bond motifs is 3. The van der Waals surface area contributed by atoms with Crippen LogP contribution in [0.1, 0.15) is 56.7 Å². The SMILES string of the molecule is CCC1C(C)=Cc2ccc3c(c21)CC=C(Nc1cc(S(C)(=O)=O)ccc1OC(C)C)S3. The zero-order valence-electron chi connectivity index (χ0n) is 18.7. The van der Waals surface area contributed by atoms with Crippen LogP contribution in [-0.2, 0) is 16.3 Å². The van der Waals surface area contributed by atoms with Crippen molar-refractivity contribution in [1.29, 1.82) is 0 Å². The van der Waals surface area contributed by atoms with Gasteiger partial charge >= 0.3 is 0 Å². The molecule has 0 aromatic heterocycles. The first-order chi connectivity index (χ1) is 14.7. The molecule has 31 heavy (non-hydrogen) atoms. The number of anilines is 1. The number of sulfone groups is 1. The van der Waals surface area contributed by atoms with Crippen molar-refractivity contribution in [1.82, 2.24) is 0 Å². The Bertz CT molecular complexity index is 1190. The first-order valence-corrected chi connectivity index (χ1v) is 13.4. The molecule has 4 nitrogen and oxygen atoms in total. The summed E-state index contributed by atoms with van der Waals surface area (Å²) in [4.78, 5) is 1.54. The van der Waals surface area contributed by atoms with Gasteiger partial charge in [-0.25, -0.2) is 8.42 Å². The highest BCUT2D eigenvalue weighted by atomic mass is 32.2. The lowest BCUT2D eigenvalue weighted by atomic mass is 9.89. The monoisotopic (exact) mass is 455 g/mol. The third kappa shape index (κ3) is 4.41. The molecule has 1 atom stereocenters. The van der Waals surface area contributed by atoms with Gasteiger partial charge in [-0.2, -0.15) is 0 Å². The lowest BCUT2D eigenvalue weighted by Gasteiger charge is -2.24. The minimum absolute atomic E-state index is 0.0114. The van der Waals surface area contributed by atoms with Crippen molar-refractivity contribution < 1.29 is 13.2 Å². The summed E-state index contributed by atoms with van der Waals surface area (Å²) in [5.41, 5.74) is 6.35. The predicted octanol–water partition coefficient (Wildman–Crippen LogP) is 6.39. The van der Waals surface area contributed by atoms with Crippen LogP contribution in [0.3, 0.4) is 0 Å². The number of nitrogens with one attached hydrogen (secondary N) is 1. The highest BCUT2D eigenvalue weighted by Crippen LogP contribution is 2.46. The summed E-state index contributed by atoms with van der Waals surface area (Å²) >= 11 is 1.69.